The number of thiophene rings is 1. The van der Waals surface area contributed by atoms with E-state index in [1.165, 1.54) is 31.9 Å². The molecule has 0 aliphatic carbocycles. The Hall–Kier alpha value is -4.34. The quantitative estimate of drug-likeness (QED) is 0.251. The van der Waals surface area contributed by atoms with E-state index in [4.69, 9.17) is 0 Å². The monoisotopic (exact) mass is 466 g/mol. The van der Waals surface area contributed by atoms with Crippen molar-refractivity contribution in [3.63, 3.8) is 0 Å². The minimum atomic E-state index is 1.13. The Balaban J connectivity index is 1.41. The summed E-state index contributed by atoms with van der Waals surface area (Å²) < 4.78 is 3.71. The van der Waals surface area contributed by atoms with Crippen molar-refractivity contribution in [1.82, 2.24) is 4.57 Å². The van der Waals surface area contributed by atoms with Crippen LogP contribution < -0.4 is 4.90 Å². The Morgan fingerprint density at radius 2 is 1.14 bits per heavy atom. The summed E-state index contributed by atoms with van der Waals surface area (Å²) in [7, 11) is 0. The Kier molecular flexibility index (Phi) is 4.68. The molecule has 166 valence electrons. The molecule has 0 aliphatic heterocycles. The Labute approximate surface area is 207 Å². The molecule has 0 amide bonds. The zero-order valence-electron chi connectivity index (χ0n) is 19.0. The molecule has 0 aliphatic rings. The van der Waals surface area contributed by atoms with E-state index < -0.39 is 0 Å². The average Bonchev–Trinajstić information content (AvgIpc) is 3.51. The molecule has 0 N–H and O–H groups in total. The van der Waals surface area contributed by atoms with Gasteiger partial charge in [0.25, 0.3) is 0 Å². The smallest absolute Gasteiger partial charge is 0.0555 e. The van der Waals surface area contributed by atoms with Crippen molar-refractivity contribution in [2.45, 2.75) is 0 Å². The molecule has 3 heteroatoms. The lowest BCUT2D eigenvalue weighted by Crippen LogP contribution is -2.09. The topological polar surface area (TPSA) is 8.17 Å². The summed E-state index contributed by atoms with van der Waals surface area (Å²) >= 11 is 1.80. The number of benzene rings is 5. The molecule has 2 nitrogen and oxygen atoms in total. The average molecular weight is 467 g/mol. The van der Waals surface area contributed by atoms with Crippen LogP contribution >= 0.6 is 11.3 Å². The molecule has 0 bridgehead atoms. The van der Waals surface area contributed by atoms with Gasteiger partial charge in [0.1, 0.15) is 0 Å². The van der Waals surface area contributed by atoms with E-state index in [1.54, 1.807) is 11.3 Å². The maximum Gasteiger partial charge on any atom is 0.0555 e. The number of anilines is 3. The highest BCUT2D eigenvalue weighted by molar-refractivity contribution is 7.17. The van der Waals surface area contributed by atoms with Crippen molar-refractivity contribution >= 4 is 60.3 Å². The summed E-state index contributed by atoms with van der Waals surface area (Å²) in [5.41, 5.74) is 7.06. The first kappa shape index (κ1) is 20.1. The van der Waals surface area contributed by atoms with Crippen LogP contribution in [0.3, 0.4) is 0 Å². The van der Waals surface area contributed by atoms with Gasteiger partial charge in [-0.1, -0.05) is 54.6 Å². The standard InChI is InChI=1S/C32H22N2S/c1-3-9-24(10-4-1)33(25-11-5-2-6-12-25)26-15-17-27(18-16-26)34-30-14-8-7-13-28(30)29-21-23-19-20-35-32(23)22-31(29)34/h1-22H. The van der Waals surface area contributed by atoms with Gasteiger partial charge in [-0.3, -0.25) is 0 Å². The molecule has 0 radical (unpaired) electrons. The summed E-state index contributed by atoms with van der Waals surface area (Å²) in [6.07, 6.45) is 0. The highest BCUT2D eigenvalue weighted by atomic mass is 32.1. The summed E-state index contributed by atoms with van der Waals surface area (Å²) in [5, 5.41) is 6.06. The molecule has 2 aromatic heterocycles. The van der Waals surface area contributed by atoms with Crippen LogP contribution in [0.15, 0.2) is 133 Å². The molecule has 7 aromatic rings. The molecule has 0 spiro atoms. The fourth-order valence-electron chi connectivity index (χ4n) is 5.06. The van der Waals surface area contributed by atoms with Crippen LogP contribution in [0.4, 0.5) is 17.1 Å². The van der Waals surface area contributed by atoms with Crippen LogP contribution in [0.25, 0.3) is 37.6 Å². The number of para-hydroxylation sites is 3. The molecule has 0 unspecified atom stereocenters. The summed E-state index contributed by atoms with van der Waals surface area (Å²) in [5.74, 6) is 0. The zero-order chi connectivity index (χ0) is 23.2. The van der Waals surface area contributed by atoms with Crippen LogP contribution in [-0.4, -0.2) is 4.57 Å². The second-order valence-electron chi connectivity index (χ2n) is 8.70. The predicted octanol–water partition coefficient (Wildman–Crippen LogP) is 9.47. The Bertz CT molecular complexity index is 1740. The number of rotatable bonds is 4. The molecule has 2 heterocycles. The van der Waals surface area contributed by atoms with Crippen molar-refractivity contribution in [2.75, 3.05) is 4.90 Å². The van der Waals surface area contributed by atoms with E-state index in [-0.39, 0.29) is 0 Å². The van der Waals surface area contributed by atoms with Gasteiger partial charge in [0.15, 0.2) is 0 Å². The van der Waals surface area contributed by atoms with E-state index in [9.17, 15) is 0 Å². The van der Waals surface area contributed by atoms with E-state index >= 15 is 0 Å². The van der Waals surface area contributed by atoms with Crippen molar-refractivity contribution in [3.8, 4) is 5.69 Å². The fourth-order valence-corrected chi connectivity index (χ4v) is 5.86. The van der Waals surface area contributed by atoms with E-state index in [0.717, 1.165) is 22.7 Å². The van der Waals surface area contributed by atoms with Gasteiger partial charge in [-0.15, -0.1) is 11.3 Å². The number of hydrogen-bond acceptors (Lipinski definition) is 2. The lowest BCUT2D eigenvalue weighted by Gasteiger charge is -2.25. The van der Waals surface area contributed by atoms with Gasteiger partial charge in [-0.05, 0) is 83.6 Å². The van der Waals surface area contributed by atoms with Gasteiger partial charge < -0.3 is 9.47 Å². The first-order valence-corrected chi connectivity index (χ1v) is 12.7. The highest BCUT2D eigenvalue weighted by Crippen LogP contribution is 2.38. The third kappa shape index (κ3) is 3.32. The number of hydrogen-bond donors (Lipinski definition) is 0. The van der Waals surface area contributed by atoms with Gasteiger partial charge in [-0.2, -0.15) is 0 Å². The van der Waals surface area contributed by atoms with Crippen LogP contribution in [0, 0.1) is 0 Å². The second-order valence-corrected chi connectivity index (χ2v) is 9.65. The third-order valence-electron chi connectivity index (χ3n) is 6.64. The largest absolute Gasteiger partial charge is 0.311 e. The third-order valence-corrected chi connectivity index (χ3v) is 7.52. The molecular formula is C32H22N2S. The Morgan fingerprint density at radius 3 is 1.86 bits per heavy atom. The molecule has 35 heavy (non-hydrogen) atoms. The van der Waals surface area contributed by atoms with Crippen LogP contribution in [0.2, 0.25) is 0 Å². The van der Waals surface area contributed by atoms with Gasteiger partial charge in [-0.25, -0.2) is 0 Å². The zero-order valence-corrected chi connectivity index (χ0v) is 19.8. The fraction of sp³-hybridized carbons (Fsp3) is 0. The number of nitrogens with zero attached hydrogens (tertiary/aromatic N) is 2. The molecule has 0 saturated carbocycles. The van der Waals surface area contributed by atoms with Crippen molar-refractivity contribution in [3.05, 3.63) is 133 Å². The van der Waals surface area contributed by atoms with Crippen LogP contribution in [-0.2, 0) is 0 Å². The predicted molar refractivity (Wildman–Crippen MR) is 151 cm³/mol. The minimum Gasteiger partial charge on any atom is -0.311 e. The van der Waals surface area contributed by atoms with Gasteiger partial charge >= 0.3 is 0 Å². The van der Waals surface area contributed by atoms with Gasteiger partial charge in [0.2, 0.25) is 0 Å². The lowest BCUT2D eigenvalue weighted by molar-refractivity contribution is 1.17. The first-order valence-electron chi connectivity index (χ1n) is 11.8. The number of fused-ring (bicyclic) bond motifs is 4. The van der Waals surface area contributed by atoms with Crippen LogP contribution in [0.1, 0.15) is 0 Å². The SMILES string of the molecule is c1ccc(N(c2ccccc2)c2ccc(-n3c4ccccc4c4cc5ccsc5cc43)cc2)cc1. The van der Waals surface area contributed by atoms with E-state index in [2.05, 4.69) is 142 Å². The first-order chi connectivity index (χ1) is 17.4. The highest BCUT2D eigenvalue weighted by Gasteiger charge is 2.15. The normalized spacial score (nSPS) is 11.4. The second kappa shape index (κ2) is 8.15. The Morgan fingerprint density at radius 1 is 0.514 bits per heavy atom. The molecule has 7 rings (SSSR count). The maximum absolute atomic E-state index is 2.39. The number of aromatic nitrogens is 1. The van der Waals surface area contributed by atoms with Crippen molar-refractivity contribution in [1.29, 1.82) is 0 Å². The molecule has 0 saturated heterocycles. The molecule has 0 fully saturated rings. The van der Waals surface area contributed by atoms with E-state index in [1.807, 2.05) is 0 Å². The van der Waals surface area contributed by atoms with Gasteiger partial charge in [0.05, 0.1) is 11.0 Å². The van der Waals surface area contributed by atoms with Crippen molar-refractivity contribution < 1.29 is 0 Å². The summed E-state index contributed by atoms with van der Waals surface area (Å²) in [6.45, 7) is 0. The molecule has 0 atom stereocenters. The van der Waals surface area contributed by atoms with Crippen molar-refractivity contribution in [2.24, 2.45) is 0 Å². The molecular weight excluding hydrogens is 444 g/mol. The summed E-state index contributed by atoms with van der Waals surface area (Å²) in [4.78, 5) is 2.30. The maximum atomic E-state index is 2.39. The summed E-state index contributed by atoms with van der Waals surface area (Å²) in [6, 6.07) is 45.6. The lowest BCUT2D eigenvalue weighted by atomic mass is 10.1. The van der Waals surface area contributed by atoms with Crippen LogP contribution in [0.5, 0.6) is 0 Å². The minimum absolute atomic E-state index is 1.13. The van der Waals surface area contributed by atoms with E-state index in [0.29, 0.717) is 0 Å². The van der Waals surface area contributed by atoms with Gasteiger partial charge in [0, 0.05) is 38.2 Å². The molecule has 5 aromatic carbocycles.